The summed E-state index contributed by atoms with van der Waals surface area (Å²) < 4.78 is 48.2. The molecular weight excluding hydrogens is 550 g/mol. The van der Waals surface area contributed by atoms with Crippen molar-refractivity contribution in [2.75, 3.05) is 32.2 Å². The molecule has 1 fully saturated rings. The van der Waals surface area contributed by atoms with Crippen LogP contribution in [0, 0.1) is 5.92 Å². The third kappa shape index (κ3) is 6.10. The summed E-state index contributed by atoms with van der Waals surface area (Å²) in [6.07, 6.45) is 0.655. The summed E-state index contributed by atoms with van der Waals surface area (Å²) in [6.45, 7) is 8.29. The van der Waals surface area contributed by atoms with E-state index >= 15 is 0 Å². The van der Waals surface area contributed by atoms with Crippen LogP contribution in [0.15, 0.2) is 36.4 Å². The molecule has 1 aliphatic carbocycles. The van der Waals surface area contributed by atoms with Crippen molar-refractivity contribution in [3.05, 3.63) is 36.4 Å². The molecule has 3 aromatic rings. The number of aromatic nitrogens is 4. The van der Waals surface area contributed by atoms with Gasteiger partial charge in [-0.1, -0.05) is 31.8 Å². The Kier molecular flexibility index (Phi) is 8.76. The number of aliphatic hydroxyl groups is 1. The second kappa shape index (κ2) is 11.8. The number of pyridine rings is 1. The van der Waals surface area contributed by atoms with Crippen molar-refractivity contribution in [1.29, 1.82) is 0 Å². The summed E-state index contributed by atoms with van der Waals surface area (Å²) >= 11 is 0. The van der Waals surface area contributed by atoms with Gasteiger partial charge < -0.3 is 19.3 Å². The van der Waals surface area contributed by atoms with Gasteiger partial charge in [-0.3, -0.25) is 4.57 Å². The van der Waals surface area contributed by atoms with Crippen LogP contribution in [0.3, 0.4) is 0 Å². The van der Waals surface area contributed by atoms with E-state index in [-0.39, 0.29) is 24.2 Å². The summed E-state index contributed by atoms with van der Waals surface area (Å²) in [6, 6.07) is 11.2. The molecule has 0 spiro atoms. The van der Waals surface area contributed by atoms with Gasteiger partial charge in [-0.15, -0.1) is 10.2 Å². The molecule has 11 nitrogen and oxygen atoms in total. The maximum Gasteiger partial charge on any atom is 0.246 e. The van der Waals surface area contributed by atoms with Gasteiger partial charge >= 0.3 is 0 Å². The molecule has 2 atom stereocenters. The topological polar surface area (TPSA) is 129 Å². The molecule has 4 rings (SSSR count). The van der Waals surface area contributed by atoms with Crippen LogP contribution in [-0.2, 0) is 10.0 Å². The highest BCUT2D eigenvalue weighted by molar-refractivity contribution is 7.93. The monoisotopic (exact) mass is 589 g/mol. The van der Waals surface area contributed by atoms with Gasteiger partial charge in [0, 0.05) is 20.7 Å². The number of sulfonamides is 1. The number of ether oxygens (including phenoxy) is 3. The Hall–Kier alpha value is -3.16. The van der Waals surface area contributed by atoms with E-state index < -0.39 is 29.5 Å². The lowest BCUT2D eigenvalue weighted by Crippen LogP contribution is -2.46. The zero-order valence-electron chi connectivity index (χ0n) is 24.2. The molecule has 0 radical (unpaired) electrons. The first-order valence-electron chi connectivity index (χ1n) is 13.3. The molecule has 1 aliphatic rings. The second-order valence-electron chi connectivity index (χ2n) is 11.2. The minimum absolute atomic E-state index is 0.0210. The number of para-hydroxylation sites is 1. The smallest absolute Gasteiger partial charge is 0.246 e. The lowest BCUT2D eigenvalue weighted by Gasteiger charge is -2.31. The van der Waals surface area contributed by atoms with Crippen molar-refractivity contribution in [3.8, 4) is 34.6 Å². The molecule has 0 amide bonds. The van der Waals surface area contributed by atoms with Crippen molar-refractivity contribution in [2.45, 2.75) is 56.8 Å². The van der Waals surface area contributed by atoms with E-state index in [4.69, 9.17) is 14.2 Å². The molecule has 13 heteroatoms. The van der Waals surface area contributed by atoms with Gasteiger partial charge in [-0.05, 0) is 49.9 Å². The first kappa shape index (κ1) is 29.8. The number of nitrogens with zero attached hydrogens (tertiary/aromatic N) is 5. The van der Waals surface area contributed by atoms with Gasteiger partial charge in [0.2, 0.25) is 21.9 Å². The van der Waals surface area contributed by atoms with Crippen LogP contribution in [0.5, 0.6) is 17.4 Å². The Balaban J connectivity index is 2.00. The predicted octanol–water partition coefficient (Wildman–Crippen LogP) is 3.99. The lowest BCUT2D eigenvalue weighted by atomic mass is 10.2. The predicted molar refractivity (Wildman–Crippen MR) is 157 cm³/mol. The third-order valence-corrected chi connectivity index (χ3v) is 11.0. The Morgan fingerprint density at radius 1 is 1.02 bits per heavy atom. The second-order valence-corrected chi connectivity index (χ2v) is 19.0. The van der Waals surface area contributed by atoms with Gasteiger partial charge in [0.05, 0.1) is 27.4 Å². The lowest BCUT2D eigenvalue weighted by molar-refractivity contribution is 0.149. The average molecular weight is 590 g/mol. The highest BCUT2D eigenvalue weighted by atomic mass is 32.2. The largest absolute Gasteiger partial charge is 0.494 e. The first-order chi connectivity index (χ1) is 18.9. The van der Waals surface area contributed by atoms with Crippen molar-refractivity contribution < 1.29 is 27.7 Å². The summed E-state index contributed by atoms with van der Waals surface area (Å²) in [5.41, 5.74) is 0.843. The SMILES string of the molecule is COc1cccc(-c2nnc(N(CC[Si](C)(C)C)S(=O)(=O)[C@H](C)C(O)C3CC3)n2-c2c(OC)cccc2OC)n1. The summed E-state index contributed by atoms with van der Waals surface area (Å²) in [4.78, 5) is 4.55. The molecule has 0 saturated heterocycles. The fourth-order valence-electron chi connectivity index (χ4n) is 4.49. The van der Waals surface area contributed by atoms with E-state index in [9.17, 15) is 13.5 Å². The minimum Gasteiger partial charge on any atom is -0.494 e. The Morgan fingerprint density at radius 2 is 1.65 bits per heavy atom. The van der Waals surface area contributed by atoms with E-state index in [1.807, 2.05) is 0 Å². The highest BCUT2D eigenvalue weighted by Crippen LogP contribution is 2.41. The maximum absolute atomic E-state index is 14.3. The van der Waals surface area contributed by atoms with Crippen LogP contribution in [0.1, 0.15) is 19.8 Å². The minimum atomic E-state index is -4.08. The Morgan fingerprint density at radius 3 is 2.20 bits per heavy atom. The molecule has 1 N–H and O–H groups in total. The fourth-order valence-corrected chi connectivity index (χ4v) is 7.21. The van der Waals surface area contributed by atoms with Crippen LogP contribution in [0.25, 0.3) is 17.2 Å². The van der Waals surface area contributed by atoms with Gasteiger partial charge in [0.25, 0.3) is 0 Å². The summed E-state index contributed by atoms with van der Waals surface area (Å²) in [5, 5.41) is 18.8. The molecule has 1 unspecified atom stereocenters. The molecule has 2 heterocycles. The van der Waals surface area contributed by atoms with Crippen molar-refractivity contribution in [1.82, 2.24) is 19.7 Å². The fraction of sp³-hybridized carbons (Fsp3) is 0.519. The zero-order chi connectivity index (χ0) is 29.2. The van der Waals surface area contributed by atoms with Gasteiger partial charge in [-0.25, -0.2) is 17.7 Å². The van der Waals surface area contributed by atoms with E-state index in [0.717, 1.165) is 12.8 Å². The average Bonchev–Trinajstić information content (AvgIpc) is 3.70. The number of aliphatic hydroxyl groups excluding tert-OH is 1. The van der Waals surface area contributed by atoms with Gasteiger partial charge in [0.15, 0.2) is 5.82 Å². The van der Waals surface area contributed by atoms with Crippen molar-refractivity contribution >= 4 is 24.0 Å². The third-order valence-electron chi connectivity index (χ3n) is 7.08. The van der Waals surface area contributed by atoms with Gasteiger partial charge in [0.1, 0.15) is 28.1 Å². The molecule has 0 aliphatic heterocycles. The molecule has 1 saturated carbocycles. The molecule has 1 aromatic carbocycles. The van der Waals surface area contributed by atoms with E-state index in [0.29, 0.717) is 34.8 Å². The normalized spacial score (nSPS) is 15.4. The van der Waals surface area contributed by atoms with Gasteiger partial charge in [-0.2, -0.15) is 0 Å². The molecule has 2 aromatic heterocycles. The molecule has 0 bridgehead atoms. The van der Waals surface area contributed by atoms with E-state index in [1.165, 1.54) is 25.6 Å². The maximum atomic E-state index is 14.3. The molecule has 218 valence electrons. The van der Waals surface area contributed by atoms with Crippen LogP contribution in [0.4, 0.5) is 5.95 Å². The van der Waals surface area contributed by atoms with Crippen LogP contribution in [-0.4, -0.2) is 80.6 Å². The van der Waals surface area contributed by atoms with Crippen molar-refractivity contribution in [2.24, 2.45) is 5.92 Å². The highest BCUT2D eigenvalue weighted by Gasteiger charge is 2.43. The number of methoxy groups -OCH3 is 3. The standard InChI is InChI=1S/C27H39N5O6SSi/c1-18(25(33)19-14-15-19)39(34,35)31(16-17-40(5,6)7)27-30-29-26(20-10-8-13-23(28-20)38-4)32(27)24-21(36-2)11-9-12-22(24)37-3/h8-13,18-19,25,33H,14-17H2,1-7H3/t18-,25?/m1/s1. The van der Waals surface area contributed by atoms with Crippen LogP contribution < -0.4 is 18.5 Å². The van der Waals surface area contributed by atoms with E-state index in [1.54, 1.807) is 47.9 Å². The Bertz CT molecular complexity index is 1420. The quantitative estimate of drug-likeness (QED) is 0.294. The zero-order valence-corrected chi connectivity index (χ0v) is 26.0. The molecular formula is C27H39N5O6SSi. The first-order valence-corrected chi connectivity index (χ1v) is 18.5. The number of anilines is 1. The number of hydrogen-bond donors (Lipinski definition) is 1. The number of hydrogen-bond acceptors (Lipinski definition) is 9. The van der Waals surface area contributed by atoms with E-state index in [2.05, 4.69) is 34.8 Å². The number of rotatable bonds is 13. The summed E-state index contributed by atoms with van der Waals surface area (Å²) in [7, 11) is -1.21. The van der Waals surface area contributed by atoms with Crippen molar-refractivity contribution in [3.63, 3.8) is 0 Å². The van der Waals surface area contributed by atoms with Crippen LogP contribution in [0.2, 0.25) is 25.7 Å². The summed E-state index contributed by atoms with van der Waals surface area (Å²) in [5.74, 6) is 1.55. The number of benzene rings is 1. The van der Waals surface area contributed by atoms with Crippen LogP contribution >= 0.6 is 0 Å². The molecule has 40 heavy (non-hydrogen) atoms. The Labute approximate surface area is 237 Å².